The maximum absolute atomic E-state index is 10.1. The molecular weight excluding hydrogens is 248 g/mol. The van der Waals surface area contributed by atoms with Crippen LogP contribution in [0.15, 0.2) is 0 Å². The first-order chi connectivity index (χ1) is 9.54. The van der Waals surface area contributed by atoms with Crippen molar-refractivity contribution < 1.29 is 5.11 Å². The fourth-order valence-corrected chi connectivity index (χ4v) is 4.29. The zero-order chi connectivity index (χ0) is 14.6. The van der Waals surface area contributed by atoms with Crippen molar-refractivity contribution in [3.8, 4) is 0 Å². The van der Waals surface area contributed by atoms with Crippen molar-refractivity contribution in [1.29, 1.82) is 0 Å². The quantitative estimate of drug-likeness (QED) is 0.786. The fraction of sp³-hybridized carbons (Fsp3) is 1.00. The topological polar surface area (TPSA) is 35.5 Å². The van der Waals surface area contributed by atoms with Crippen molar-refractivity contribution in [2.45, 2.75) is 70.9 Å². The Morgan fingerprint density at radius 2 is 2.10 bits per heavy atom. The fourth-order valence-electron chi connectivity index (χ4n) is 4.29. The summed E-state index contributed by atoms with van der Waals surface area (Å²) >= 11 is 0. The summed E-state index contributed by atoms with van der Waals surface area (Å²) in [6, 6.07) is 0.693. The molecular formula is C17H34N2O. The lowest BCUT2D eigenvalue weighted by atomic mass is 9.76. The third-order valence-electron chi connectivity index (χ3n) is 5.28. The Morgan fingerprint density at radius 3 is 2.70 bits per heavy atom. The van der Waals surface area contributed by atoms with E-state index in [0.29, 0.717) is 6.04 Å². The van der Waals surface area contributed by atoms with Crippen LogP contribution in [0.2, 0.25) is 0 Å². The van der Waals surface area contributed by atoms with Crippen molar-refractivity contribution in [3.63, 3.8) is 0 Å². The van der Waals surface area contributed by atoms with Gasteiger partial charge in [0.15, 0.2) is 0 Å². The van der Waals surface area contributed by atoms with Gasteiger partial charge in [0, 0.05) is 25.7 Å². The number of nitrogens with zero attached hydrogens (tertiary/aromatic N) is 1. The first-order valence-electron chi connectivity index (χ1n) is 8.72. The van der Waals surface area contributed by atoms with Gasteiger partial charge in [-0.25, -0.2) is 0 Å². The second-order valence-electron chi connectivity index (χ2n) is 7.37. The van der Waals surface area contributed by atoms with Crippen LogP contribution < -0.4 is 5.32 Å². The molecule has 0 radical (unpaired) electrons. The number of rotatable bonds is 6. The summed E-state index contributed by atoms with van der Waals surface area (Å²) in [6.45, 7) is 10.7. The van der Waals surface area contributed by atoms with Gasteiger partial charge in [-0.2, -0.15) is 0 Å². The Hall–Kier alpha value is -0.120. The van der Waals surface area contributed by atoms with Crippen LogP contribution >= 0.6 is 0 Å². The van der Waals surface area contributed by atoms with Gasteiger partial charge >= 0.3 is 0 Å². The highest BCUT2D eigenvalue weighted by Gasteiger charge is 2.36. The molecule has 0 aromatic heterocycles. The van der Waals surface area contributed by atoms with E-state index < -0.39 is 5.60 Å². The van der Waals surface area contributed by atoms with Gasteiger partial charge in [-0.05, 0) is 51.0 Å². The summed E-state index contributed by atoms with van der Waals surface area (Å²) in [6.07, 6.45) is 7.77. The average molecular weight is 282 g/mol. The number of aliphatic hydroxyl groups is 1. The van der Waals surface area contributed by atoms with Crippen molar-refractivity contribution >= 4 is 0 Å². The first-order valence-corrected chi connectivity index (χ1v) is 8.72. The molecule has 2 rings (SSSR count). The lowest BCUT2D eigenvalue weighted by Crippen LogP contribution is -2.46. The van der Waals surface area contributed by atoms with Gasteiger partial charge < -0.3 is 15.3 Å². The number of hydrogen-bond acceptors (Lipinski definition) is 3. The summed E-state index contributed by atoms with van der Waals surface area (Å²) in [5, 5.41) is 13.8. The zero-order valence-electron chi connectivity index (χ0n) is 13.7. The molecule has 3 nitrogen and oxygen atoms in total. The van der Waals surface area contributed by atoms with E-state index in [1.165, 1.54) is 38.6 Å². The molecule has 4 atom stereocenters. The van der Waals surface area contributed by atoms with Crippen molar-refractivity contribution in [3.05, 3.63) is 0 Å². The van der Waals surface area contributed by atoms with Crippen LogP contribution in [0.3, 0.4) is 0 Å². The Morgan fingerprint density at radius 1 is 1.30 bits per heavy atom. The number of β-amino-alcohol motifs (C(OH)–C–C–N with tert-alkyl or cyclic N) is 1. The molecule has 1 aliphatic carbocycles. The maximum Gasteiger partial charge on any atom is 0.0758 e. The van der Waals surface area contributed by atoms with E-state index in [1.54, 1.807) is 0 Å². The Bertz CT molecular complexity index is 293. The Kier molecular flexibility index (Phi) is 5.88. The van der Waals surface area contributed by atoms with Crippen molar-refractivity contribution in [2.24, 2.45) is 11.8 Å². The van der Waals surface area contributed by atoms with Crippen LogP contribution in [-0.4, -0.2) is 47.8 Å². The van der Waals surface area contributed by atoms with Crippen LogP contribution in [-0.2, 0) is 0 Å². The van der Waals surface area contributed by atoms with Crippen LogP contribution in [0.4, 0.5) is 0 Å². The van der Waals surface area contributed by atoms with Gasteiger partial charge in [-0.3, -0.25) is 0 Å². The molecule has 1 saturated heterocycles. The van der Waals surface area contributed by atoms with E-state index in [0.717, 1.165) is 37.9 Å². The summed E-state index contributed by atoms with van der Waals surface area (Å²) < 4.78 is 0. The van der Waals surface area contributed by atoms with Crippen molar-refractivity contribution in [2.75, 3.05) is 26.2 Å². The molecule has 0 bridgehead atoms. The average Bonchev–Trinajstić information content (AvgIpc) is 2.72. The minimum Gasteiger partial charge on any atom is -0.389 e. The molecule has 2 aliphatic rings. The second kappa shape index (κ2) is 7.24. The van der Waals surface area contributed by atoms with E-state index in [4.69, 9.17) is 0 Å². The van der Waals surface area contributed by atoms with E-state index in [-0.39, 0.29) is 0 Å². The molecule has 3 heteroatoms. The molecule has 0 aromatic carbocycles. The third-order valence-corrected chi connectivity index (χ3v) is 5.28. The van der Waals surface area contributed by atoms with Crippen LogP contribution in [0, 0.1) is 11.8 Å². The van der Waals surface area contributed by atoms with E-state index in [2.05, 4.69) is 24.1 Å². The number of likely N-dealkylation sites (tertiary alicyclic amines) is 1. The summed E-state index contributed by atoms with van der Waals surface area (Å²) in [5.41, 5.74) is -0.453. The minimum atomic E-state index is -0.453. The van der Waals surface area contributed by atoms with Gasteiger partial charge in [-0.1, -0.05) is 26.7 Å². The normalized spacial score (nSPS) is 39.3. The molecule has 118 valence electrons. The second-order valence-corrected chi connectivity index (χ2v) is 7.37. The monoisotopic (exact) mass is 282 g/mol. The molecule has 1 heterocycles. The maximum atomic E-state index is 10.1. The van der Waals surface area contributed by atoms with Gasteiger partial charge in [-0.15, -0.1) is 0 Å². The van der Waals surface area contributed by atoms with Gasteiger partial charge in [0.2, 0.25) is 0 Å². The minimum absolute atomic E-state index is 0.453. The predicted octanol–water partition coefficient (Wildman–Crippen LogP) is 2.64. The smallest absolute Gasteiger partial charge is 0.0758 e. The van der Waals surface area contributed by atoms with Crippen molar-refractivity contribution in [1.82, 2.24) is 10.2 Å². The van der Waals surface area contributed by atoms with Gasteiger partial charge in [0.1, 0.15) is 0 Å². The summed E-state index contributed by atoms with van der Waals surface area (Å²) in [7, 11) is 0. The number of nitrogens with one attached hydrogen (secondary N) is 1. The Labute approximate surface area is 125 Å². The lowest BCUT2D eigenvalue weighted by molar-refractivity contribution is 0.0620. The van der Waals surface area contributed by atoms with Gasteiger partial charge in [0.25, 0.3) is 0 Å². The molecule has 1 aliphatic heterocycles. The molecule has 2 fully saturated rings. The standard InChI is InChI=1S/C17H34N2O/c1-4-6-14-7-8-16(18-5-2)15(11-14)12-19-10-9-17(3,20)13-19/h14-16,18,20H,4-13H2,1-3H3. The highest BCUT2D eigenvalue weighted by atomic mass is 16.3. The first kappa shape index (κ1) is 16.3. The highest BCUT2D eigenvalue weighted by molar-refractivity contribution is 4.91. The van der Waals surface area contributed by atoms with Crippen LogP contribution in [0.25, 0.3) is 0 Å². The molecule has 4 unspecified atom stereocenters. The van der Waals surface area contributed by atoms with E-state index >= 15 is 0 Å². The third kappa shape index (κ3) is 4.44. The molecule has 2 N–H and O–H groups in total. The van der Waals surface area contributed by atoms with Crippen LogP contribution in [0.5, 0.6) is 0 Å². The molecule has 0 spiro atoms. The molecule has 1 saturated carbocycles. The molecule has 0 aromatic rings. The Balaban J connectivity index is 1.89. The van der Waals surface area contributed by atoms with Crippen LogP contribution in [0.1, 0.15) is 59.3 Å². The molecule has 20 heavy (non-hydrogen) atoms. The summed E-state index contributed by atoms with van der Waals surface area (Å²) in [5.74, 6) is 1.71. The van der Waals surface area contributed by atoms with E-state index in [9.17, 15) is 5.11 Å². The lowest BCUT2D eigenvalue weighted by Gasteiger charge is -2.38. The zero-order valence-corrected chi connectivity index (χ0v) is 13.7. The van der Waals surface area contributed by atoms with Gasteiger partial charge in [0.05, 0.1) is 5.60 Å². The highest BCUT2D eigenvalue weighted by Crippen LogP contribution is 2.34. The largest absolute Gasteiger partial charge is 0.389 e. The van der Waals surface area contributed by atoms with E-state index in [1.807, 2.05) is 6.92 Å². The number of hydrogen-bond donors (Lipinski definition) is 2. The summed E-state index contributed by atoms with van der Waals surface area (Å²) in [4.78, 5) is 2.49. The SMILES string of the molecule is CCCC1CCC(NCC)C(CN2CCC(C)(O)C2)C1. The predicted molar refractivity (Wildman–Crippen MR) is 84.9 cm³/mol. The molecule has 0 amide bonds.